The molecule has 0 spiro atoms. The molecule has 2 nitrogen and oxygen atoms in total. The molecule has 0 aliphatic rings. The van der Waals surface area contributed by atoms with Crippen LogP contribution in [0.25, 0.3) is 0 Å². The number of aromatic amines is 1. The van der Waals surface area contributed by atoms with Gasteiger partial charge >= 0.3 is 0 Å². The van der Waals surface area contributed by atoms with E-state index in [9.17, 15) is 9.18 Å². The first-order valence-electron chi connectivity index (χ1n) is 14.0. The van der Waals surface area contributed by atoms with E-state index in [0.717, 1.165) is 40.9 Å². The van der Waals surface area contributed by atoms with Gasteiger partial charge in [-0.2, -0.15) is 0 Å². The van der Waals surface area contributed by atoms with Gasteiger partial charge in [0.25, 0.3) is 0 Å². The van der Waals surface area contributed by atoms with Crippen molar-refractivity contribution in [3.8, 4) is 0 Å². The van der Waals surface area contributed by atoms with Crippen LogP contribution < -0.4 is 0 Å². The molecular formula is C31H48FNO. The fourth-order valence-electron chi connectivity index (χ4n) is 5.00. The Kier molecular flexibility index (Phi) is 13.9. The first-order chi connectivity index (χ1) is 16.5. The fraction of sp³-hybridized carbons (Fsp3) is 0.645. The molecule has 0 unspecified atom stereocenters. The molecule has 1 N–H and O–H groups in total. The number of ketones is 1. The number of rotatable bonds is 19. The Morgan fingerprint density at radius 3 is 1.71 bits per heavy atom. The molecule has 0 radical (unpaired) electrons. The maximum absolute atomic E-state index is 13.2. The summed E-state index contributed by atoms with van der Waals surface area (Å²) < 4.78 is 13.2. The largest absolute Gasteiger partial charge is 0.361 e. The first-order valence-corrected chi connectivity index (χ1v) is 14.0. The van der Waals surface area contributed by atoms with Crippen LogP contribution in [-0.2, 0) is 6.42 Å². The number of H-pyrrole nitrogens is 1. The topological polar surface area (TPSA) is 32.9 Å². The molecule has 0 aliphatic heterocycles. The molecule has 2 aromatic rings. The van der Waals surface area contributed by atoms with Crippen LogP contribution in [-0.4, -0.2) is 10.8 Å². The molecular weight excluding hydrogens is 421 g/mol. The number of aryl methyl sites for hydroxylation is 1. The highest BCUT2D eigenvalue weighted by Gasteiger charge is 2.18. The van der Waals surface area contributed by atoms with Crippen LogP contribution >= 0.6 is 0 Å². The van der Waals surface area contributed by atoms with Crippen LogP contribution in [0.2, 0.25) is 0 Å². The number of nitrogens with one attached hydrogen (secondary N) is 1. The number of carbonyl (C=O) groups is 1. The van der Waals surface area contributed by atoms with Crippen molar-refractivity contribution < 1.29 is 9.18 Å². The van der Waals surface area contributed by atoms with Crippen molar-refractivity contribution in [1.29, 1.82) is 0 Å². The minimum Gasteiger partial charge on any atom is -0.361 e. The SMILES string of the molecule is CCCCCCCCCCCCCCCCCC(=O)c1c(C)[nH]c(Cc2ccc(F)cc2)c1C. The van der Waals surface area contributed by atoms with E-state index in [2.05, 4.69) is 11.9 Å². The maximum atomic E-state index is 13.2. The Labute approximate surface area is 208 Å². The summed E-state index contributed by atoms with van der Waals surface area (Å²) in [6.45, 7) is 6.29. The molecule has 34 heavy (non-hydrogen) atoms. The Morgan fingerprint density at radius 2 is 1.21 bits per heavy atom. The summed E-state index contributed by atoms with van der Waals surface area (Å²) in [7, 11) is 0. The lowest BCUT2D eigenvalue weighted by atomic mass is 9.98. The van der Waals surface area contributed by atoms with Crippen LogP contribution in [0, 0.1) is 19.7 Å². The first kappa shape index (κ1) is 28.3. The van der Waals surface area contributed by atoms with Crippen molar-refractivity contribution >= 4 is 5.78 Å². The van der Waals surface area contributed by atoms with Crippen LogP contribution in [0.15, 0.2) is 24.3 Å². The van der Waals surface area contributed by atoms with Gasteiger partial charge in [0.15, 0.2) is 5.78 Å². The predicted octanol–water partition coefficient (Wildman–Crippen LogP) is 9.81. The Morgan fingerprint density at radius 1 is 0.735 bits per heavy atom. The monoisotopic (exact) mass is 469 g/mol. The summed E-state index contributed by atoms with van der Waals surface area (Å²) in [5, 5.41) is 0. The Hall–Kier alpha value is -1.90. The van der Waals surface area contributed by atoms with Gasteiger partial charge in [-0.05, 0) is 43.5 Å². The zero-order valence-corrected chi connectivity index (χ0v) is 22.1. The molecule has 0 aliphatic carbocycles. The number of aromatic nitrogens is 1. The number of benzene rings is 1. The second-order valence-corrected chi connectivity index (χ2v) is 10.2. The molecule has 0 atom stereocenters. The van der Waals surface area contributed by atoms with Crippen LogP contribution in [0.3, 0.4) is 0 Å². The zero-order chi connectivity index (χ0) is 24.6. The van der Waals surface area contributed by atoms with Gasteiger partial charge in [0.1, 0.15) is 5.82 Å². The van der Waals surface area contributed by atoms with E-state index in [4.69, 9.17) is 0 Å². The van der Waals surface area contributed by atoms with E-state index < -0.39 is 0 Å². The van der Waals surface area contributed by atoms with Gasteiger partial charge in [-0.15, -0.1) is 0 Å². The summed E-state index contributed by atoms with van der Waals surface area (Å²) in [6.07, 6.45) is 21.3. The standard InChI is InChI=1S/C31H48FNO/c1-4-5-6-7-8-9-10-11-12-13-14-15-16-17-18-19-30(34)31-25(2)29(33-26(31)3)24-27-20-22-28(32)23-21-27/h20-23,33H,4-19,24H2,1-3H3. The van der Waals surface area contributed by atoms with E-state index in [0.29, 0.717) is 12.8 Å². The lowest BCUT2D eigenvalue weighted by molar-refractivity contribution is 0.0978. The minimum absolute atomic E-state index is 0.220. The zero-order valence-electron chi connectivity index (χ0n) is 22.1. The number of unbranched alkanes of at least 4 members (excludes halogenated alkanes) is 14. The molecule has 1 aromatic heterocycles. The summed E-state index contributed by atoms with van der Waals surface area (Å²) in [5.41, 5.74) is 4.98. The van der Waals surface area contributed by atoms with Crippen molar-refractivity contribution in [1.82, 2.24) is 4.98 Å². The van der Waals surface area contributed by atoms with Gasteiger partial charge in [0, 0.05) is 29.8 Å². The van der Waals surface area contributed by atoms with Gasteiger partial charge in [-0.1, -0.05) is 109 Å². The van der Waals surface area contributed by atoms with Crippen molar-refractivity contribution in [2.75, 3.05) is 0 Å². The smallest absolute Gasteiger partial charge is 0.164 e. The number of hydrogen-bond acceptors (Lipinski definition) is 1. The third kappa shape index (κ3) is 10.6. The van der Waals surface area contributed by atoms with Crippen LogP contribution in [0.5, 0.6) is 0 Å². The number of halogens is 1. The van der Waals surface area contributed by atoms with Gasteiger partial charge in [0.2, 0.25) is 0 Å². The normalized spacial score (nSPS) is 11.3. The molecule has 2 rings (SSSR count). The fourth-order valence-corrected chi connectivity index (χ4v) is 5.00. The summed E-state index contributed by atoms with van der Waals surface area (Å²) in [5.74, 6) is 0.0359. The van der Waals surface area contributed by atoms with E-state index in [-0.39, 0.29) is 11.6 Å². The van der Waals surface area contributed by atoms with E-state index in [1.807, 2.05) is 26.0 Å². The second-order valence-electron chi connectivity index (χ2n) is 10.2. The third-order valence-electron chi connectivity index (χ3n) is 7.12. The van der Waals surface area contributed by atoms with Crippen molar-refractivity contribution in [3.05, 3.63) is 58.2 Å². The molecule has 0 saturated heterocycles. The lowest BCUT2D eigenvalue weighted by Gasteiger charge is -2.05. The molecule has 190 valence electrons. The summed E-state index contributed by atoms with van der Waals surface area (Å²) in [6, 6.07) is 6.59. The number of Topliss-reactive ketones (excluding diaryl/α,β-unsaturated/α-hetero) is 1. The van der Waals surface area contributed by atoms with E-state index in [1.165, 1.54) is 95.6 Å². The summed E-state index contributed by atoms with van der Waals surface area (Å²) in [4.78, 5) is 16.3. The number of hydrogen-bond donors (Lipinski definition) is 1. The van der Waals surface area contributed by atoms with Crippen LogP contribution in [0.4, 0.5) is 4.39 Å². The van der Waals surface area contributed by atoms with Gasteiger partial charge in [0.05, 0.1) is 0 Å². The molecule has 1 heterocycles. The molecule has 1 aromatic carbocycles. The molecule has 3 heteroatoms. The van der Waals surface area contributed by atoms with Crippen molar-refractivity contribution in [3.63, 3.8) is 0 Å². The highest BCUT2D eigenvalue weighted by atomic mass is 19.1. The van der Waals surface area contributed by atoms with Gasteiger partial charge in [-0.25, -0.2) is 4.39 Å². The van der Waals surface area contributed by atoms with Crippen LogP contribution in [0.1, 0.15) is 143 Å². The average molecular weight is 470 g/mol. The Balaban J connectivity index is 1.54. The van der Waals surface area contributed by atoms with E-state index in [1.54, 1.807) is 0 Å². The van der Waals surface area contributed by atoms with Gasteiger partial charge in [-0.3, -0.25) is 4.79 Å². The third-order valence-corrected chi connectivity index (χ3v) is 7.12. The highest BCUT2D eigenvalue weighted by molar-refractivity contribution is 5.98. The number of carbonyl (C=O) groups excluding carboxylic acids is 1. The van der Waals surface area contributed by atoms with Crippen molar-refractivity contribution in [2.24, 2.45) is 0 Å². The molecule has 0 bridgehead atoms. The Bertz CT molecular complexity index is 821. The predicted molar refractivity (Wildman–Crippen MR) is 143 cm³/mol. The second kappa shape index (κ2) is 16.7. The van der Waals surface area contributed by atoms with Gasteiger partial charge < -0.3 is 4.98 Å². The lowest BCUT2D eigenvalue weighted by Crippen LogP contribution is -2.02. The quantitative estimate of drug-likeness (QED) is 0.161. The minimum atomic E-state index is -0.220. The molecule has 0 fully saturated rings. The highest BCUT2D eigenvalue weighted by Crippen LogP contribution is 2.23. The maximum Gasteiger partial charge on any atom is 0.164 e. The van der Waals surface area contributed by atoms with Crippen molar-refractivity contribution in [2.45, 2.75) is 130 Å². The molecule has 0 amide bonds. The van der Waals surface area contributed by atoms with E-state index >= 15 is 0 Å². The summed E-state index contributed by atoms with van der Waals surface area (Å²) >= 11 is 0. The average Bonchev–Trinajstić information content (AvgIpc) is 3.10. The molecule has 0 saturated carbocycles.